The van der Waals surface area contributed by atoms with E-state index in [0.29, 0.717) is 5.56 Å². The summed E-state index contributed by atoms with van der Waals surface area (Å²) in [5.41, 5.74) is 4.47. The van der Waals surface area contributed by atoms with E-state index in [1.807, 2.05) is 73.7 Å². The van der Waals surface area contributed by atoms with E-state index in [4.69, 9.17) is 0 Å². The molecule has 0 spiro atoms. The summed E-state index contributed by atoms with van der Waals surface area (Å²) in [4.78, 5) is 24.0. The highest BCUT2D eigenvalue weighted by Gasteiger charge is 2.21. The number of amides is 1. The second-order valence-corrected chi connectivity index (χ2v) is 6.50. The summed E-state index contributed by atoms with van der Waals surface area (Å²) in [7, 11) is 0. The molecule has 0 heterocycles. The third-order valence-electron chi connectivity index (χ3n) is 4.42. The lowest BCUT2D eigenvalue weighted by atomic mass is 10.0. The molecule has 4 heteroatoms. The van der Waals surface area contributed by atoms with Gasteiger partial charge in [-0.05, 0) is 35.7 Å². The van der Waals surface area contributed by atoms with Crippen LogP contribution in [0.2, 0.25) is 0 Å². The highest BCUT2D eigenvalue weighted by molar-refractivity contribution is 5.97. The van der Waals surface area contributed by atoms with Crippen molar-refractivity contribution in [3.05, 3.63) is 95.6 Å². The van der Waals surface area contributed by atoms with Crippen LogP contribution in [-0.4, -0.2) is 23.0 Å². The van der Waals surface area contributed by atoms with E-state index in [1.165, 1.54) is 0 Å². The summed E-state index contributed by atoms with van der Waals surface area (Å²) in [6.45, 7) is 1.97. The van der Waals surface area contributed by atoms with Crippen LogP contribution in [0.3, 0.4) is 0 Å². The molecule has 0 aliphatic carbocycles. The van der Waals surface area contributed by atoms with E-state index in [1.54, 1.807) is 12.1 Å². The molecule has 0 aliphatic heterocycles. The largest absolute Gasteiger partial charge is 0.480 e. The molecule has 2 N–H and O–H groups in total. The minimum Gasteiger partial charge on any atom is -0.480 e. The van der Waals surface area contributed by atoms with Crippen molar-refractivity contribution in [1.29, 1.82) is 0 Å². The highest BCUT2D eigenvalue weighted by Crippen LogP contribution is 2.19. The Hall–Kier alpha value is -3.40. The summed E-state index contributed by atoms with van der Waals surface area (Å²) < 4.78 is 0. The van der Waals surface area contributed by atoms with Crippen molar-refractivity contribution < 1.29 is 14.7 Å². The molecule has 4 nitrogen and oxygen atoms in total. The third-order valence-corrected chi connectivity index (χ3v) is 4.42. The Morgan fingerprint density at radius 1 is 0.852 bits per heavy atom. The molecule has 1 amide bonds. The summed E-state index contributed by atoms with van der Waals surface area (Å²) >= 11 is 0. The first kappa shape index (κ1) is 18.4. The Morgan fingerprint density at radius 3 is 2.04 bits per heavy atom. The Kier molecular flexibility index (Phi) is 5.67. The average Bonchev–Trinajstić information content (AvgIpc) is 2.69. The minimum atomic E-state index is -1.05. The molecule has 0 saturated heterocycles. The zero-order valence-corrected chi connectivity index (χ0v) is 15.1. The van der Waals surface area contributed by atoms with Crippen molar-refractivity contribution in [3.8, 4) is 11.1 Å². The van der Waals surface area contributed by atoms with Crippen molar-refractivity contribution in [3.63, 3.8) is 0 Å². The molecule has 0 aliphatic rings. The third kappa shape index (κ3) is 4.82. The van der Waals surface area contributed by atoms with Crippen LogP contribution < -0.4 is 5.32 Å². The predicted molar refractivity (Wildman–Crippen MR) is 106 cm³/mol. The van der Waals surface area contributed by atoms with Crippen molar-refractivity contribution >= 4 is 11.9 Å². The molecule has 0 fully saturated rings. The van der Waals surface area contributed by atoms with Crippen LogP contribution in [0.15, 0.2) is 78.9 Å². The topological polar surface area (TPSA) is 66.4 Å². The second kappa shape index (κ2) is 8.32. The minimum absolute atomic E-state index is 0.240. The lowest BCUT2D eigenvalue weighted by Crippen LogP contribution is -2.42. The molecule has 136 valence electrons. The van der Waals surface area contributed by atoms with Gasteiger partial charge in [-0.2, -0.15) is 0 Å². The van der Waals surface area contributed by atoms with Gasteiger partial charge in [-0.1, -0.05) is 72.3 Å². The standard InChI is InChI=1S/C23H21NO3/c1-16-7-9-17(10-8-16)15-21(23(26)27)24-22(25)20-13-11-19(12-14-20)18-5-3-2-4-6-18/h2-14,21H,15H2,1H3,(H,24,25)(H,26,27)/t21-/m1/s1. The maximum absolute atomic E-state index is 12.5. The van der Waals surface area contributed by atoms with Crippen LogP contribution in [0.1, 0.15) is 21.5 Å². The zero-order valence-electron chi connectivity index (χ0n) is 15.1. The molecule has 0 radical (unpaired) electrons. The smallest absolute Gasteiger partial charge is 0.326 e. The molecular formula is C23H21NO3. The molecule has 3 aromatic carbocycles. The van der Waals surface area contributed by atoms with Crippen molar-refractivity contribution in [1.82, 2.24) is 5.32 Å². The second-order valence-electron chi connectivity index (χ2n) is 6.50. The van der Waals surface area contributed by atoms with Crippen LogP contribution >= 0.6 is 0 Å². The number of carboxylic acids is 1. The van der Waals surface area contributed by atoms with E-state index in [2.05, 4.69) is 5.32 Å². The van der Waals surface area contributed by atoms with Gasteiger partial charge in [0, 0.05) is 12.0 Å². The fraction of sp³-hybridized carbons (Fsp3) is 0.130. The van der Waals surface area contributed by atoms with Crippen LogP contribution in [0, 0.1) is 6.92 Å². The Morgan fingerprint density at radius 2 is 1.44 bits per heavy atom. The molecule has 0 unspecified atom stereocenters. The number of aryl methyl sites for hydroxylation is 1. The molecule has 0 aromatic heterocycles. The zero-order chi connectivity index (χ0) is 19.2. The van der Waals surface area contributed by atoms with Gasteiger partial charge in [0.2, 0.25) is 0 Å². The maximum Gasteiger partial charge on any atom is 0.326 e. The van der Waals surface area contributed by atoms with Crippen molar-refractivity contribution in [2.45, 2.75) is 19.4 Å². The van der Waals surface area contributed by atoms with E-state index in [9.17, 15) is 14.7 Å². The van der Waals surface area contributed by atoms with Gasteiger partial charge in [-0.15, -0.1) is 0 Å². The molecule has 0 bridgehead atoms. The average molecular weight is 359 g/mol. The molecule has 0 saturated carbocycles. The molecule has 3 rings (SSSR count). The van der Waals surface area contributed by atoms with Crippen LogP contribution in [0.4, 0.5) is 0 Å². The Bertz CT molecular complexity index is 916. The number of carboxylic acid groups (broad SMARTS) is 1. The number of carbonyl (C=O) groups excluding carboxylic acids is 1. The molecular weight excluding hydrogens is 338 g/mol. The lowest BCUT2D eigenvalue weighted by Gasteiger charge is -2.15. The van der Waals surface area contributed by atoms with Crippen LogP contribution in [0.25, 0.3) is 11.1 Å². The first-order valence-electron chi connectivity index (χ1n) is 8.77. The number of benzene rings is 3. The number of carbonyl (C=O) groups is 2. The molecule has 3 aromatic rings. The number of hydrogen-bond acceptors (Lipinski definition) is 2. The Labute approximate surface area is 158 Å². The van der Waals surface area contributed by atoms with Gasteiger partial charge in [0.1, 0.15) is 6.04 Å². The summed E-state index contributed by atoms with van der Waals surface area (Å²) in [5, 5.41) is 12.1. The van der Waals surface area contributed by atoms with E-state index < -0.39 is 17.9 Å². The van der Waals surface area contributed by atoms with Gasteiger partial charge in [0.05, 0.1) is 0 Å². The number of nitrogens with one attached hydrogen (secondary N) is 1. The number of rotatable bonds is 6. The van der Waals surface area contributed by atoms with E-state index >= 15 is 0 Å². The molecule has 1 atom stereocenters. The summed E-state index contributed by atoms with van der Waals surface area (Å²) in [5.74, 6) is -1.45. The van der Waals surface area contributed by atoms with Gasteiger partial charge >= 0.3 is 5.97 Å². The number of aliphatic carboxylic acids is 1. The van der Waals surface area contributed by atoms with Crippen molar-refractivity contribution in [2.75, 3.05) is 0 Å². The SMILES string of the molecule is Cc1ccc(C[C@@H](NC(=O)c2ccc(-c3ccccc3)cc2)C(=O)O)cc1. The maximum atomic E-state index is 12.5. The summed E-state index contributed by atoms with van der Waals surface area (Å²) in [6.07, 6.45) is 0.240. The fourth-order valence-electron chi connectivity index (χ4n) is 2.85. The van der Waals surface area contributed by atoms with Gasteiger partial charge < -0.3 is 10.4 Å². The molecule has 27 heavy (non-hydrogen) atoms. The quantitative estimate of drug-likeness (QED) is 0.697. The van der Waals surface area contributed by atoms with Crippen LogP contribution in [0.5, 0.6) is 0 Å². The van der Waals surface area contributed by atoms with E-state index in [0.717, 1.165) is 22.3 Å². The summed E-state index contributed by atoms with van der Waals surface area (Å²) in [6, 6.07) is 23.6. The normalized spacial score (nSPS) is 11.6. The van der Waals surface area contributed by atoms with E-state index in [-0.39, 0.29) is 6.42 Å². The van der Waals surface area contributed by atoms with Crippen LogP contribution in [-0.2, 0) is 11.2 Å². The van der Waals surface area contributed by atoms with Gasteiger partial charge in [-0.3, -0.25) is 4.79 Å². The lowest BCUT2D eigenvalue weighted by molar-refractivity contribution is -0.139. The van der Waals surface area contributed by atoms with Gasteiger partial charge in [0.15, 0.2) is 0 Å². The first-order valence-corrected chi connectivity index (χ1v) is 8.77. The fourth-order valence-corrected chi connectivity index (χ4v) is 2.85. The van der Waals surface area contributed by atoms with Gasteiger partial charge in [-0.25, -0.2) is 4.79 Å². The predicted octanol–water partition coefficient (Wildman–Crippen LogP) is 4.09. The van der Waals surface area contributed by atoms with Crippen molar-refractivity contribution in [2.24, 2.45) is 0 Å². The van der Waals surface area contributed by atoms with Gasteiger partial charge in [0.25, 0.3) is 5.91 Å². The Balaban J connectivity index is 1.70. The highest BCUT2D eigenvalue weighted by atomic mass is 16.4. The number of hydrogen-bond donors (Lipinski definition) is 2. The monoisotopic (exact) mass is 359 g/mol. The first-order chi connectivity index (χ1) is 13.0.